The number of aliphatic imine (C=N–C) groups is 1. The lowest BCUT2D eigenvalue weighted by atomic mass is 9.97. The molecule has 1 aliphatic heterocycles. The molecule has 2 rings (SSSR count). The van der Waals surface area contributed by atoms with Crippen LogP contribution in [0.4, 0.5) is 0 Å². The smallest absolute Gasteiger partial charge is 0.308 e. The van der Waals surface area contributed by atoms with Crippen molar-refractivity contribution in [1.29, 1.82) is 0 Å². The molecule has 0 saturated carbocycles. The van der Waals surface area contributed by atoms with Crippen molar-refractivity contribution in [1.82, 2.24) is 10.2 Å². The van der Waals surface area contributed by atoms with Gasteiger partial charge in [-0.2, -0.15) is 11.3 Å². The van der Waals surface area contributed by atoms with Crippen LogP contribution in [0, 0.1) is 5.92 Å². The second-order valence-corrected chi connectivity index (χ2v) is 5.60. The highest BCUT2D eigenvalue weighted by Crippen LogP contribution is 2.18. The maximum Gasteiger partial charge on any atom is 0.308 e. The second kappa shape index (κ2) is 7.28. The third-order valence-electron chi connectivity index (χ3n) is 3.57. The Kier molecular flexibility index (Phi) is 5.40. The van der Waals surface area contributed by atoms with Crippen LogP contribution < -0.4 is 5.32 Å². The molecule has 20 heavy (non-hydrogen) atoms. The van der Waals surface area contributed by atoms with Crippen LogP contribution in [0.25, 0.3) is 0 Å². The standard InChI is InChI=1S/C14H21N3O2S/c1-15-14(16-9-11-5-8-20-10-11)17-6-3-12(4-7-17)13(18)19-2/h5,8,10,12H,3-4,6-7,9H2,1-2H3,(H,15,16). The number of hydrogen-bond acceptors (Lipinski definition) is 4. The first-order chi connectivity index (χ1) is 9.74. The monoisotopic (exact) mass is 295 g/mol. The fourth-order valence-corrected chi connectivity index (χ4v) is 3.07. The molecule has 0 aliphatic carbocycles. The van der Waals surface area contributed by atoms with Crippen molar-refractivity contribution >= 4 is 23.3 Å². The number of carbonyl (C=O) groups is 1. The van der Waals surface area contributed by atoms with E-state index >= 15 is 0 Å². The number of nitrogens with one attached hydrogen (secondary N) is 1. The number of esters is 1. The van der Waals surface area contributed by atoms with Gasteiger partial charge >= 0.3 is 5.97 Å². The molecule has 1 aliphatic rings. The number of methoxy groups -OCH3 is 1. The summed E-state index contributed by atoms with van der Waals surface area (Å²) in [5.74, 6) is 0.844. The van der Waals surface area contributed by atoms with Crippen LogP contribution in [-0.2, 0) is 16.1 Å². The van der Waals surface area contributed by atoms with Gasteiger partial charge in [-0.3, -0.25) is 9.79 Å². The van der Waals surface area contributed by atoms with E-state index in [1.54, 1.807) is 18.4 Å². The Balaban J connectivity index is 1.83. The molecule has 1 aromatic rings. The van der Waals surface area contributed by atoms with Gasteiger partial charge in [0.2, 0.25) is 0 Å². The summed E-state index contributed by atoms with van der Waals surface area (Å²) in [4.78, 5) is 18.0. The molecule has 6 heteroatoms. The molecule has 0 aromatic carbocycles. The summed E-state index contributed by atoms with van der Waals surface area (Å²) in [5, 5.41) is 7.57. The Labute approximate surface area is 123 Å². The fourth-order valence-electron chi connectivity index (χ4n) is 2.40. The van der Waals surface area contributed by atoms with E-state index in [9.17, 15) is 4.79 Å². The summed E-state index contributed by atoms with van der Waals surface area (Å²) in [7, 11) is 3.25. The molecule has 110 valence electrons. The maximum absolute atomic E-state index is 11.5. The molecule has 1 fully saturated rings. The van der Waals surface area contributed by atoms with Crippen LogP contribution in [0.5, 0.6) is 0 Å². The van der Waals surface area contributed by atoms with Crippen LogP contribution in [0.15, 0.2) is 21.8 Å². The van der Waals surface area contributed by atoms with Gasteiger partial charge in [0.05, 0.1) is 13.0 Å². The molecule has 0 unspecified atom stereocenters. The minimum absolute atomic E-state index is 0.0335. The third kappa shape index (κ3) is 3.72. The zero-order chi connectivity index (χ0) is 14.4. The van der Waals surface area contributed by atoms with Crippen molar-refractivity contribution in [2.45, 2.75) is 19.4 Å². The van der Waals surface area contributed by atoms with Crippen molar-refractivity contribution in [2.24, 2.45) is 10.9 Å². The number of thiophene rings is 1. The van der Waals surface area contributed by atoms with E-state index in [0.29, 0.717) is 0 Å². The SMILES string of the molecule is CN=C(NCc1ccsc1)N1CCC(C(=O)OC)CC1. The highest BCUT2D eigenvalue weighted by Gasteiger charge is 2.26. The number of likely N-dealkylation sites (tertiary alicyclic amines) is 1. The lowest BCUT2D eigenvalue weighted by molar-refractivity contribution is -0.146. The molecule has 0 radical (unpaired) electrons. The van der Waals surface area contributed by atoms with Gasteiger partial charge in [-0.1, -0.05) is 0 Å². The van der Waals surface area contributed by atoms with Crippen LogP contribution in [0.3, 0.4) is 0 Å². The molecule has 1 saturated heterocycles. The van der Waals surface area contributed by atoms with Crippen molar-refractivity contribution < 1.29 is 9.53 Å². The average Bonchev–Trinajstić information content (AvgIpc) is 3.01. The molecule has 0 bridgehead atoms. The van der Waals surface area contributed by atoms with Gasteiger partial charge in [-0.15, -0.1) is 0 Å². The third-order valence-corrected chi connectivity index (χ3v) is 4.30. The first-order valence-electron chi connectivity index (χ1n) is 6.79. The van der Waals surface area contributed by atoms with Crippen molar-refractivity contribution in [3.63, 3.8) is 0 Å². The van der Waals surface area contributed by atoms with E-state index in [4.69, 9.17) is 4.74 Å². The fraction of sp³-hybridized carbons (Fsp3) is 0.571. The van der Waals surface area contributed by atoms with Crippen LogP contribution in [0.1, 0.15) is 18.4 Å². The number of carbonyl (C=O) groups excluding carboxylic acids is 1. The van der Waals surface area contributed by atoms with Crippen LogP contribution in [-0.4, -0.2) is 44.1 Å². The summed E-state index contributed by atoms with van der Waals surface area (Å²) in [6.07, 6.45) is 1.65. The molecule has 0 amide bonds. The minimum atomic E-state index is -0.0918. The summed E-state index contributed by atoms with van der Waals surface area (Å²) in [5.41, 5.74) is 1.26. The summed E-state index contributed by atoms with van der Waals surface area (Å²) >= 11 is 1.70. The van der Waals surface area contributed by atoms with Crippen molar-refractivity contribution in [3.05, 3.63) is 22.4 Å². The number of guanidine groups is 1. The lowest BCUT2D eigenvalue weighted by Gasteiger charge is -2.33. The van der Waals surface area contributed by atoms with Crippen LogP contribution in [0.2, 0.25) is 0 Å². The Morgan fingerprint density at radius 1 is 1.55 bits per heavy atom. The molecule has 0 spiro atoms. The van der Waals surface area contributed by atoms with Gasteiger partial charge in [-0.05, 0) is 35.2 Å². The molecule has 5 nitrogen and oxygen atoms in total. The Bertz CT molecular complexity index is 451. The predicted octanol–water partition coefficient (Wildman–Crippen LogP) is 1.71. The average molecular weight is 295 g/mol. The summed E-state index contributed by atoms with van der Waals surface area (Å²) in [6, 6.07) is 2.11. The quantitative estimate of drug-likeness (QED) is 0.524. The van der Waals surface area contributed by atoms with E-state index in [0.717, 1.165) is 38.4 Å². The minimum Gasteiger partial charge on any atom is -0.469 e. The van der Waals surface area contributed by atoms with E-state index in [-0.39, 0.29) is 11.9 Å². The normalized spacial score (nSPS) is 17.1. The highest BCUT2D eigenvalue weighted by atomic mass is 32.1. The first kappa shape index (κ1) is 14.8. The molecule has 1 N–H and O–H groups in total. The zero-order valence-corrected chi connectivity index (χ0v) is 12.8. The molecule has 1 aromatic heterocycles. The van der Waals surface area contributed by atoms with Crippen molar-refractivity contribution in [2.75, 3.05) is 27.2 Å². The topological polar surface area (TPSA) is 53.9 Å². The Morgan fingerprint density at radius 3 is 2.85 bits per heavy atom. The van der Waals surface area contributed by atoms with Gasteiger partial charge < -0.3 is 15.0 Å². The van der Waals surface area contributed by atoms with Gasteiger partial charge in [0, 0.05) is 26.7 Å². The van der Waals surface area contributed by atoms with Gasteiger partial charge in [0.1, 0.15) is 0 Å². The Hall–Kier alpha value is -1.56. The molecular weight excluding hydrogens is 274 g/mol. The maximum atomic E-state index is 11.5. The van der Waals surface area contributed by atoms with E-state index in [2.05, 4.69) is 32.0 Å². The first-order valence-corrected chi connectivity index (χ1v) is 7.73. The Morgan fingerprint density at radius 2 is 2.30 bits per heavy atom. The molecule has 0 atom stereocenters. The number of nitrogens with zero attached hydrogens (tertiary/aromatic N) is 2. The lowest BCUT2D eigenvalue weighted by Crippen LogP contribution is -2.46. The van der Waals surface area contributed by atoms with E-state index < -0.39 is 0 Å². The summed E-state index contributed by atoms with van der Waals surface area (Å²) < 4.78 is 4.81. The van der Waals surface area contributed by atoms with Gasteiger partial charge in [-0.25, -0.2) is 0 Å². The van der Waals surface area contributed by atoms with E-state index in [1.165, 1.54) is 12.7 Å². The van der Waals surface area contributed by atoms with Gasteiger partial charge in [0.25, 0.3) is 0 Å². The number of hydrogen-bond donors (Lipinski definition) is 1. The van der Waals surface area contributed by atoms with E-state index in [1.807, 2.05) is 0 Å². The number of rotatable bonds is 3. The number of ether oxygens (including phenoxy) is 1. The van der Waals surface area contributed by atoms with Crippen molar-refractivity contribution in [3.8, 4) is 0 Å². The number of piperidine rings is 1. The molecular formula is C14H21N3O2S. The zero-order valence-electron chi connectivity index (χ0n) is 12.0. The predicted molar refractivity (Wildman–Crippen MR) is 80.8 cm³/mol. The highest BCUT2D eigenvalue weighted by molar-refractivity contribution is 7.07. The van der Waals surface area contributed by atoms with Gasteiger partial charge in [0.15, 0.2) is 5.96 Å². The summed E-state index contributed by atoms with van der Waals surface area (Å²) in [6.45, 7) is 2.46. The molecule has 2 heterocycles. The van der Waals surface area contributed by atoms with Crippen LogP contribution >= 0.6 is 11.3 Å². The largest absolute Gasteiger partial charge is 0.469 e. The second-order valence-electron chi connectivity index (χ2n) is 4.82.